The van der Waals surface area contributed by atoms with Gasteiger partial charge in [0, 0.05) is 30.0 Å². The molecule has 0 spiro atoms. The van der Waals surface area contributed by atoms with E-state index in [1.165, 1.54) is 0 Å². The van der Waals surface area contributed by atoms with Crippen LogP contribution in [0.3, 0.4) is 0 Å². The fraction of sp³-hybridized carbons (Fsp3) is 0.333. The van der Waals surface area contributed by atoms with E-state index >= 15 is 0 Å². The zero-order valence-corrected chi connectivity index (χ0v) is 12.1. The third-order valence-corrected chi connectivity index (χ3v) is 3.18. The number of anilines is 2. The van der Waals surface area contributed by atoms with E-state index in [1.807, 2.05) is 43.7 Å². The average molecular weight is 272 g/mol. The molecule has 0 fully saturated rings. The van der Waals surface area contributed by atoms with Crippen molar-refractivity contribution in [3.63, 3.8) is 0 Å². The van der Waals surface area contributed by atoms with E-state index in [-0.39, 0.29) is 5.91 Å². The molecule has 1 aromatic heterocycles. The summed E-state index contributed by atoms with van der Waals surface area (Å²) in [6.45, 7) is 6.44. The number of carbonyl (C=O) groups is 1. The summed E-state index contributed by atoms with van der Waals surface area (Å²) in [7, 11) is 0. The van der Waals surface area contributed by atoms with E-state index in [2.05, 4.69) is 10.4 Å². The average Bonchev–Trinajstić information content (AvgIpc) is 2.69. The summed E-state index contributed by atoms with van der Waals surface area (Å²) >= 11 is 0. The zero-order chi connectivity index (χ0) is 14.7. The Morgan fingerprint density at radius 3 is 2.65 bits per heavy atom. The van der Waals surface area contributed by atoms with E-state index < -0.39 is 0 Å². The van der Waals surface area contributed by atoms with Gasteiger partial charge in [-0.2, -0.15) is 5.10 Å². The van der Waals surface area contributed by atoms with Crippen LogP contribution < -0.4 is 11.1 Å². The summed E-state index contributed by atoms with van der Waals surface area (Å²) in [6.07, 6.45) is 0.395. The third kappa shape index (κ3) is 3.38. The van der Waals surface area contributed by atoms with Crippen LogP contribution in [0.1, 0.15) is 23.4 Å². The minimum absolute atomic E-state index is 0.0228. The fourth-order valence-electron chi connectivity index (χ4n) is 2.15. The Kier molecular flexibility index (Phi) is 4.08. The Morgan fingerprint density at radius 1 is 1.30 bits per heavy atom. The molecule has 1 heterocycles. The molecular weight excluding hydrogens is 252 g/mol. The van der Waals surface area contributed by atoms with Crippen LogP contribution in [0.15, 0.2) is 24.3 Å². The third-order valence-electron chi connectivity index (χ3n) is 3.18. The summed E-state index contributed by atoms with van der Waals surface area (Å²) < 4.78 is 1.85. The van der Waals surface area contributed by atoms with Crippen LogP contribution in [0.25, 0.3) is 0 Å². The van der Waals surface area contributed by atoms with Gasteiger partial charge in [-0.15, -0.1) is 0 Å². The van der Waals surface area contributed by atoms with Gasteiger partial charge < -0.3 is 11.1 Å². The Hall–Kier alpha value is -2.30. The molecule has 0 atom stereocenters. The molecule has 0 aliphatic heterocycles. The number of hydrogen-bond donors (Lipinski definition) is 2. The van der Waals surface area contributed by atoms with Gasteiger partial charge in [0.25, 0.3) is 0 Å². The highest BCUT2D eigenvalue weighted by Crippen LogP contribution is 2.17. The van der Waals surface area contributed by atoms with Gasteiger partial charge >= 0.3 is 0 Å². The molecule has 0 saturated heterocycles. The van der Waals surface area contributed by atoms with Crippen molar-refractivity contribution in [3.8, 4) is 0 Å². The van der Waals surface area contributed by atoms with Crippen LogP contribution in [0, 0.1) is 20.8 Å². The number of aromatic nitrogens is 2. The molecule has 0 saturated carbocycles. The highest BCUT2D eigenvalue weighted by Gasteiger charge is 2.07. The number of hydrogen-bond acceptors (Lipinski definition) is 3. The molecule has 0 bridgehead atoms. The molecule has 2 aromatic rings. The number of nitrogens with one attached hydrogen (secondary N) is 1. The topological polar surface area (TPSA) is 72.9 Å². The van der Waals surface area contributed by atoms with Crippen molar-refractivity contribution in [1.82, 2.24) is 9.78 Å². The number of benzene rings is 1. The van der Waals surface area contributed by atoms with Gasteiger partial charge in [0.2, 0.25) is 5.91 Å². The molecule has 5 heteroatoms. The molecule has 0 unspecified atom stereocenters. The first-order valence-corrected chi connectivity index (χ1v) is 6.63. The quantitative estimate of drug-likeness (QED) is 0.839. The second-order valence-electron chi connectivity index (χ2n) is 5.02. The van der Waals surface area contributed by atoms with Crippen molar-refractivity contribution >= 4 is 17.3 Å². The Morgan fingerprint density at radius 2 is 2.05 bits per heavy atom. The number of amides is 1. The predicted molar refractivity (Wildman–Crippen MR) is 80.5 cm³/mol. The highest BCUT2D eigenvalue weighted by atomic mass is 16.1. The first-order valence-electron chi connectivity index (χ1n) is 6.63. The summed E-state index contributed by atoms with van der Waals surface area (Å²) in [6, 6.07) is 7.45. The summed E-state index contributed by atoms with van der Waals surface area (Å²) in [5.41, 5.74) is 10.2. The molecule has 3 N–H and O–H groups in total. The maximum absolute atomic E-state index is 12.0. The number of nitrogens with zero attached hydrogens (tertiary/aromatic N) is 2. The molecule has 2 rings (SSSR count). The Labute approximate surface area is 118 Å². The van der Waals surface area contributed by atoms with Gasteiger partial charge in [0.15, 0.2) is 0 Å². The maximum atomic E-state index is 12.0. The monoisotopic (exact) mass is 272 g/mol. The number of nitrogens with two attached hydrogens (primary N) is 1. The normalized spacial score (nSPS) is 10.6. The Balaban J connectivity index is 1.94. The molecule has 20 heavy (non-hydrogen) atoms. The lowest BCUT2D eigenvalue weighted by molar-refractivity contribution is -0.116. The standard InChI is InChI=1S/C15H20N4O/c1-10-8-13(16)4-5-14(10)17-15(20)6-7-19-12(3)9-11(2)18-19/h4-5,8-9H,6-7,16H2,1-3H3,(H,17,20). The molecule has 1 amide bonds. The lowest BCUT2D eigenvalue weighted by atomic mass is 10.2. The molecule has 0 aliphatic carbocycles. The number of aryl methyl sites for hydroxylation is 4. The SMILES string of the molecule is Cc1cc(C)n(CCC(=O)Nc2ccc(N)cc2C)n1. The van der Waals surface area contributed by atoms with Gasteiger partial charge in [-0.3, -0.25) is 9.48 Å². The molecule has 106 valence electrons. The van der Waals surface area contributed by atoms with Crippen molar-refractivity contribution in [1.29, 1.82) is 0 Å². The van der Waals surface area contributed by atoms with Crippen molar-refractivity contribution in [2.24, 2.45) is 0 Å². The van der Waals surface area contributed by atoms with Crippen LogP contribution in [-0.4, -0.2) is 15.7 Å². The zero-order valence-electron chi connectivity index (χ0n) is 12.1. The lowest BCUT2D eigenvalue weighted by Gasteiger charge is -2.09. The van der Waals surface area contributed by atoms with Crippen molar-refractivity contribution < 1.29 is 4.79 Å². The predicted octanol–water partition coefficient (Wildman–Crippen LogP) is 2.42. The van der Waals surface area contributed by atoms with Gasteiger partial charge in [-0.05, 0) is 50.6 Å². The van der Waals surface area contributed by atoms with E-state index in [1.54, 1.807) is 6.07 Å². The van der Waals surface area contributed by atoms with E-state index in [4.69, 9.17) is 5.73 Å². The van der Waals surface area contributed by atoms with Gasteiger partial charge in [-0.25, -0.2) is 0 Å². The van der Waals surface area contributed by atoms with E-state index in [0.717, 1.165) is 22.6 Å². The van der Waals surface area contributed by atoms with Gasteiger partial charge in [0.1, 0.15) is 0 Å². The van der Waals surface area contributed by atoms with Crippen molar-refractivity contribution in [2.45, 2.75) is 33.7 Å². The minimum Gasteiger partial charge on any atom is -0.399 e. The highest BCUT2D eigenvalue weighted by molar-refractivity contribution is 5.91. The van der Waals surface area contributed by atoms with Gasteiger partial charge in [0.05, 0.1) is 5.69 Å². The first-order chi connectivity index (χ1) is 9.45. The lowest BCUT2D eigenvalue weighted by Crippen LogP contribution is -2.16. The number of rotatable bonds is 4. The van der Waals surface area contributed by atoms with Crippen LogP contribution in [0.2, 0.25) is 0 Å². The summed E-state index contributed by atoms with van der Waals surface area (Å²) in [4.78, 5) is 12.0. The van der Waals surface area contributed by atoms with Crippen LogP contribution in [0.5, 0.6) is 0 Å². The minimum atomic E-state index is -0.0228. The smallest absolute Gasteiger partial charge is 0.226 e. The summed E-state index contributed by atoms with van der Waals surface area (Å²) in [5.74, 6) is -0.0228. The number of carbonyl (C=O) groups excluding carboxylic acids is 1. The summed E-state index contributed by atoms with van der Waals surface area (Å²) in [5, 5.41) is 7.24. The van der Waals surface area contributed by atoms with E-state index in [0.29, 0.717) is 18.7 Å². The first kappa shape index (κ1) is 14.1. The van der Waals surface area contributed by atoms with Crippen LogP contribution >= 0.6 is 0 Å². The maximum Gasteiger partial charge on any atom is 0.226 e. The molecule has 5 nitrogen and oxygen atoms in total. The van der Waals surface area contributed by atoms with Crippen molar-refractivity contribution in [3.05, 3.63) is 41.2 Å². The molecule has 0 aliphatic rings. The van der Waals surface area contributed by atoms with Crippen molar-refractivity contribution in [2.75, 3.05) is 11.1 Å². The molecular formula is C15H20N4O. The van der Waals surface area contributed by atoms with Crippen LogP contribution in [0.4, 0.5) is 11.4 Å². The van der Waals surface area contributed by atoms with Gasteiger partial charge in [-0.1, -0.05) is 0 Å². The fourth-order valence-corrected chi connectivity index (χ4v) is 2.15. The number of nitrogen functional groups attached to an aromatic ring is 1. The second kappa shape index (κ2) is 5.77. The second-order valence-corrected chi connectivity index (χ2v) is 5.02. The largest absolute Gasteiger partial charge is 0.399 e. The van der Waals surface area contributed by atoms with E-state index in [9.17, 15) is 4.79 Å². The molecule has 1 aromatic carbocycles. The molecule has 0 radical (unpaired) electrons. The van der Waals surface area contributed by atoms with Crippen LogP contribution in [-0.2, 0) is 11.3 Å². The Bertz CT molecular complexity index is 631.